The molecule has 0 spiro atoms. The molecule has 44 heavy (non-hydrogen) atoms. The average molecular weight is 625 g/mol. The molecule has 11 nitrogen and oxygen atoms in total. The number of nitrogens with zero attached hydrogens (tertiary/aromatic N) is 1. The molecule has 0 aromatic carbocycles. The molecule has 0 aromatic rings. The first-order valence-corrected chi connectivity index (χ1v) is 16.4. The number of imide groups is 1. The highest BCUT2D eigenvalue weighted by molar-refractivity contribution is 6.01. The Balaban J connectivity index is 2.19. The number of amides is 3. The maximum atomic E-state index is 12.7. The Labute approximate surface area is 263 Å². The van der Waals surface area contributed by atoms with Crippen LogP contribution in [0.25, 0.3) is 0 Å². The zero-order chi connectivity index (χ0) is 33.2. The van der Waals surface area contributed by atoms with Crippen LogP contribution >= 0.6 is 0 Å². The van der Waals surface area contributed by atoms with Crippen LogP contribution in [0.2, 0.25) is 0 Å². The van der Waals surface area contributed by atoms with Crippen LogP contribution in [0.3, 0.4) is 0 Å². The Bertz CT molecular complexity index is 934. The van der Waals surface area contributed by atoms with Crippen molar-refractivity contribution in [3.05, 3.63) is 0 Å². The summed E-state index contributed by atoms with van der Waals surface area (Å²) >= 11 is 0. The van der Waals surface area contributed by atoms with Gasteiger partial charge in [0.05, 0.1) is 6.42 Å². The van der Waals surface area contributed by atoms with Crippen molar-refractivity contribution < 1.29 is 43.1 Å². The monoisotopic (exact) mass is 624 g/mol. The van der Waals surface area contributed by atoms with E-state index < -0.39 is 41.0 Å². The lowest BCUT2D eigenvalue weighted by Gasteiger charge is -2.24. The standard InChI is InChI=1S/C33H56N2O9/c1-32(2,3)42-29(39)20-18-16-14-12-10-8-7-9-11-13-15-17-19-26(36)34-25(31(41)43-33(4,5)6)21-24-30(40)44-35-27(37)22-23-28(35)38/h25H,7-24H2,1-6H3,(H,34,36). The zero-order valence-corrected chi connectivity index (χ0v) is 27.9. The van der Waals surface area contributed by atoms with Crippen molar-refractivity contribution in [1.29, 1.82) is 0 Å². The van der Waals surface area contributed by atoms with Gasteiger partial charge in [0.2, 0.25) is 5.91 Å². The summed E-state index contributed by atoms with van der Waals surface area (Å²) in [7, 11) is 0. The first-order chi connectivity index (χ1) is 20.6. The summed E-state index contributed by atoms with van der Waals surface area (Å²) in [5, 5.41) is 3.13. The molecule has 1 fully saturated rings. The highest BCUT2D eigenvalue weighted by atomic mass is 16.7. The molecule has 1 aliphatic heterocycles. The van der Waals surface area contributed by atoms with Crippen LogP contribution in [0.15, 0.2) is 0 Å². The van der Waals surface area contributed by atoms with Gasteiger partial charge in [-0.15, -0.1) is 5.06 Å². The number of esters is 2. The quantitative estimate of drug-likeness (QED) is 0.0922. The molecule has 11 heteroatoms. The lowest BCUT2D eigenvalue weighted by Crippen LogP contribution is -2.44. The summed E-state index contributed by atoms with van der Waals surface area (Å²) in [6.45, 7) is 10.8. The number of hydrogen-bond acceptors (Lipinski definition) is 9. The van der Waals surface area contributed by atoms with Crippen molar-refractivity contribution in [2.24, 2.45) is 0 Å². The molecule has 0 saturated carbocycles. The Hall–Kier alpha value is -2.98. The van der Waals surface area contributed by atoms with Crippen LogP contribution in [-0.2, 0) is 43.1 Å². The fourth-order valence-electron chi connectivity index (χ4n) is 4.67. The van der Waals surface area contributed by atoms with Crippen molar-refractivity contribution in [3.8, 4) is 0 Å². The minimum absolute atomic E-state index is 0.0102. The summed E-state index contributed by atoms with van der Waals surface area (Å²) in [4.78, 5) is 77.4. The van der Waals surface area contributed by atoms with Gasteiger partial charge in [0.15, 0.2) is 0 Å². The maximum Gasteiger partial charge on any atom is 0.333 e. The van der Waals surface area contributed by atoms with E-state index in [9.17, 15) is 28.8 Å². The summed E-state index contributed by atoms with van der Waals surface area (Å²) < 4.78 is 10.7. The molecule has 1 N–H and O–H groups in total. The number of hydroxylamine groups is 2. The lowest BCUT2D eigenvalue weighted by molar-refractivity contribution is -0.197. The molecular formula is C33H56N2O9. The number of unbranched alkanes of at least 4 members (excludes halogenated alkanes) is 11. The summed E-state index contributed by atoms with van der Waals surface area (Å²) in [6.07, 6.45) is 13.2. The molecule has 252 valence electrons. The molecule has 0 radical (unpaired) electrons. The first kappa shape index (κ1) is 39.0. The van der Waals surface area contributed by atoms with Crippen LogP contribution in [0, 0.1) is 0 Å². The third-order valence-electron chi connectivity index (χ3n) is 6.82. The molecule has 0 bridgehead atoms. The van der Waals surface area contributed by atoms with E-state index in [1.54, 1.807) is 20.8 Å². The summed E-state index contributed by atoms with van der Waals surface area (Å²) in [5.74, 6) is -3.08. The van der Waals surface area contributed by atoms with Crippen molar-refractivity contribution >= 4 is 35.6 Å². The smallest absolute Gasteiger partial charge is 0.333 e. The van der Waals surface area contributed by atoms with Gasteiger partial charge in [-0.05, 0) is 60.8 Å². The predicted molar refractivity (Wildman–Crippen MR) is 165 cm³/mol. The number of ether oxygens (including phenoxy) is 2. The number of carbonyl (C=O) groups is 6. The lowest BCUT2D eigenvalue weighted by atomic mass is 10.0. The van der Waals surface area contributed by atoms with E-state index in [0.717, 1.165) is 44.9 Å². The number of carbonyl (C=O) groups excluding carboxylic acids is 6. The van der Waals surface area contributed by atoms with Crippen LogP contribution in [0.5, 0.6) is 0 Å². The van der Waals surface area contributed by atoms with Gasteiger partial charge in [0.25, 0.3) is 11.8 Å². The van der Waals surface area contributed by atoms with Gasteiger partial charge < -0.3 is 19.6 Å². The third kappa shape index (κ3) is 19.3. The first-order valence-electron chi connectivity index (χ1n) is 16.4. The maximum absolute atomic E-state index is 12.7. The molecule has 3 amide bonds. The van der Waals surface area contributed by atoms with E-state index in [-0.39, 0.29) is 44.0 Å². The van der Waals surface area contributed by atoms with Crippen LogP contribution < -0.4 is 5.32 Å². The Morgan fingerprint density at radius 1 is 0.636 bits per heavy atom. The van der Waals surface area contributed by atoms with Gasteiger partial charge in [-0.25, -0.2) is 9.59 Å². The van der Waals surface area contributed by atoms with Gasteiger partial charge in [0, 0.05) is 25.7 Å². The second kappa shape index (κ2) is 20.1. The van der Waals surface area contributed by atoms with Crippen molar-refractivity contribution in [2.75, 3.05) is 0 Å². The number of rotatable bonds is 21. The molecule has 0 aromatic heterocycles. The average Bonchev–Trinajstić information content (AvgIpc) is 3.21. The van der Waals surface area contributed by atoms with E-state index in [1.165, 1.54) is 25.7 Å². The second-order valence-electron chi connectivity index (χ2n) is 13.6. The minimum atomic E-state index is -1.05. The van der Waals surface area contributed by atoms with Gasteiger partial charge >= 0.3 is 17.9 Å². The predicted octanol–water partition coefficient (Wildman–Crippen LogP) is 6.00. The topological polar surface area (TPSA) is 145 Å². The highest BCUT2D eigenvalue weighted by Crippen LogP contribution is 2.17. The molecule has 1 aliphatic rings. The van der Waals surface area contributed by atoms with Crippen LogP contribution in [0.1, 0.15) is 157 Å². The van der Waals surface area contributed by atoms with Crippen molar-refractivity contribution in [3.63, 3.8) is 0 Å². The fraction of sp³-hybridized carbons (Fsp3) is 0.818. The van der Waals surface area contributed by atoms with E-state index in [2.05, 4.69) is 5.32 Å². The van der Waals surface area contributed by atoms with Crippen molar-refractivity contribution in [2.45, 2.75) is 174 Å². The summed E-state index contributed by atoms with van der Waals surface area (Å²) in [5.41, 5.74) is -1.19. The Morgan fingerprint density at radius 3 is 1.52 bits per heavy atom. The van der Waals surface area contributed by atoms with E-state index in [0.29, 0.717) is 17.9 Å². The minimum Gasteiger partial charge on any atom is -0.460 e. The van der Waals surface area contributed by atoms with E-state index in [4.69, 9.17) is 14.3 Å². The van der Waals surface area contributed by atoms with Crippen LogP contribution in [0.4, 0.5) is 0 Å². The molecule has 1 unspecified atom stereocenters. The third-order valence-corrected chi connectivity index (χ3v) is 6.82. The largest absolute Gasteiger partial charge is 0.460 e. The van der Waals surface area contributed by atoms with Gasteiger partial charge in [-0.1, -0.05) is 64.2 Å². The van der Waals surface area contributed by atoms with E-state index in [1.807, 2.05) is 20.8 Å². The van der Waals surface area contributed by atoms with Crippen LogP contribution in [-0.4, -0.2) is 57.9 Å². The zero-order valence-electron chi connectivity index (χ0n) is 27.9. The normalized spacial score (nSPS) is 14.4. The highest BCUT2D eigenvalue weighted by Gasteiger charge is 2.33. The molecule has 1 saturated heterocycles. The Kier molecular flexibility index (Phi) is 17.9. The Morgan fingerprint density at radius 2 is 1.07 bits per heavy atom. The molecule has 1 rings (SSSR count). The van der Waals surface area contributed by atoms with Gasteiger partial charge in [-0.3, -0.25) is 19.2 Å². The number of nitrogens with one attached hydrogen (secondary N) is 1. The molecular weight excluding hydrogens is 568 g/mol. The van der Waals surface area contributed by atoms with Gasteiger partial charge in [0.1, 0.15) is 17.2 Å². The number of hydrogen-bond donors (Lipinski definition) is 1. The fourth-order valence-corrected chi connectivity index (χ4v) is 4.67. The SMILES string of the molecule is CC(C)(C)OC(=O)CCCCCCCCCCCCCCC(=O)NC(CCC(=O)ON1C(=O)CCC1=O)C(=O)OC(C)(C)C. The van der Waals surface area contributed by atoms with E-state index >= 15 is 0 Å². The second-order valence-corrected chi connectivity index (χ2v) is 13.6. The molecule has 1 atom stereocenters. The molecule has 1 heterocycles. The molecule has 0 aliphatic carbocycles. The van der Waals surface area contributed by atoms with Crippen molar-refractivity contribution in [1.82, 2.24) is 10.4 Å². The van der Waals surface area contributed by atoms with Gasteiger partial charge in [-0.2, -0.15) is 0 Å². The summed E-state index contributed by atoms with van der Waals surface area (Å²) in [6, 6.07) is -1.05.